The third-order valence-electron chi connectivity index (χ3n) is 13.0. The molecule has 0 radical (unpaired) electrons. The van der Waals surface area contributed by atoms with Crippen LogP contribution in [-0.2, 0) is 33.7 Å². The standard InChI is InChI=1S/C32H17N8.C26H16S.O.V/c1-2-10-18-17(9-1)25-33-26(18)38-28-21-13-5-6-14-22(21)30(35-28)40-32-24-16-8-7-15-23(24)31(36-32)39-29-20-12-4-3-11-19(20)27(34-29)37-25;27-26-7-3-6-18-12-19-8-9-20-13-21-10-16-4-1-2-5-17(16)11-22(21)14-23(20)24(19)15-25(18)26;;/h1-16H,(H-,33,34,35,36,37,38,39,40);1-15,27H;;/q-1;;;+2/p-1. The molecule has 0 aliphatic carbocycles. The van der Waals surface area contributed by atoms with Crippen molar-refractivity contribution in [1.29, 1.82) is 0 Å². The van der Waals surface area contributed by atoms with Crippen molar-refractivity contribution >= 4 is 111 Å². The Morgan fingerprint density at radius 1 is 0.333 bits per heavy atom. The van der Waals surface area contributed by atoms with Gasteiger partial charge in [0.1, 0.15) is 11.3 Å². The summed E-state index contributed by atoms with van der Waals surface area (Å²) in [5, 5.41) is 16.3. The van der Waals surface area contributed by atoms with Gasteiger partial charge in [-0.25, -0.2) is 19.9 Å². The number of aromatic amines is 1. The van der Waals surface area contributed by atoms with Crippen LogP contribution < -0.4 is 4.98 Å². The molecule has 0 fully saturated rings. The van der Waals surface area contributed by atoms with E-state index in [2.05, 4.69) is 83.8 Å². The van der Waals surface area contributed by atoms with Gasteiger partial charge in [0, 0.05) is 44.3 Å². The SMILES string of the molecule is [O]=[V+2].[S-]c1cccc2cc3ccc4cc5cc6ccccc6cc5cc4c3cc12.c1ccc2c(c1)-c1nc-2nc2[nH]c(nc3nc(nc4[n-]c(n1)c1ccccc41)-c1ccccc1-3)c1ccccc21. The van der Waals surface area contributed by atoms with Crippen molar-refractivity contribution in [2.45, 2.75) is 4.90 Å². The van der Waals surface area contributed by atoms with Crippen LogP contribution in [0.5, 0.6) is 0 Å². The van der Waals surface area contributed by atoms with E-state index in [0.717, 1.165) is 71.4 Å². The number of aromatic nitrogens is 8. The van der Waals surface area contributed by atoms with Gasteiger partial charge in [-0.15, -0.1) is 0 Å². The predicted molar refractivity (Wildman–Crippen MR) is 275 cm³/mol. The Morgan fingerprint density at radius 2 is 0.725 bits per heavy atom. The number of rotatable bonds is 0. The van der Waals surface area contributed by atoms with Crippen molar-refractivity contribution in [2.75, 3.05) is 0 Å². The minimum absolute atomic E-state index is 0.560. The van der Waals surface area contributed by atoms with Gasteiger partial charge in [0.2, 0.25) is 0 Å². The van der Waals surface area contributed by atoms with Crippen LogP contribution in [0.15, 0.2) is 193 Å². The second-order valence-corrected chi connectivity index (χ2v) is 17.4. The van der Waals surface area contributed by atoms with Gasteiger partial charge in [-0.3, -0.25) is 0 Å². The summed E-state index contributed by atoms with van der Waals surface area (Å²) in [5.41, 5.74) is 6.11. The zero-order valence-electron chi connectivity index (χ0n) is 36.3. The summed E-state index contributed by atoms with van der Waals surface area (Å²) >= 11 is 6.63. The van der Waals surface area contributed by atoms with Gasteiger partial charge >= 0.3 is 21.0 Å². The van der Waals surface area contributed by atoms with E-state index in [4.69, 9.17) is 51.2 Å². The first-order valence-electron chi connectivity index (χ1n) is 22.3. The molecule has 0 atom stereocenters. The number of hydrogen-bond donors (Lipinski definition) is 1. The van der Waals surface area contributed by atoms with Gasteiger partial charge in [0.05, 0.1) is 11.6 Å². The molecule has 0 saturated heterocycles. The van der Waals surface area contributed by atoms with Gasteiger partial charge in [0.15, 0.2) is 11.6 Å². The maximum Gasteiger partial charge on any atom is 0.163 e. The fourth-order valence-corrected chi connectivity index (χ4v) is 10.0. The molecule has 5 heterocycles. The molecule has 0 amide bonds. The molecular weight excluding hydrogens is 908 g/mol. The van der Waals surface area contributed by atoms with E-state index in [1.54, 1.807) is 0 Å². The van der Waals surface area contributed by atoms with E-state index in [0.29, 0.717) is 45.9 Å². The maximum absolute atomic E-state index is 8.19. The Morgan fingerprint density at radius 3 is 1.26 bits per heavy atom. The predicted octanol–water partition coefficient (Wildman–Crippen LogP) is 13.7. The maximum atomic E-state index is 8.19. The molecule has 10 aromatic carbocycles. The van der Waals surface area contributed by atoms with Crippen LogP contribution in [0.4, 0.5) is 0 Å². The molecule has 69 heavy (non-hydrogen) atoms. The molecular formula is C58H32N8OSV. The molecule has 3 aromatic heterocycles. The summed E-state index contributed by atoms with van der Waals surface area (Å²) in [4.78, 5) is 38.9. The van der Waals surface area contributed by atoms with E-state index in [9.17, 15) is 0 Å². The molecule has 1 N–H and O–H groups in total. The third kappa shape index (κ3) is 6.84. The number of nitrogens with zero attached hydrogens (tertiary/aromatic N) is 7. The van der Waals surface area contributed by atoms with Crippen LogP contribution in [0.2, 0.25) is 0 Å². The molecule has 321 valence electrons. The van der Waals surface area contributed by atoms with Crippen molar-refractivity contribution in [3.63, 3.8) is 0 Å². The van der Waals surface area contributed by atoms with E-state index >= 15 is 0 Å². The van der Waals surface area contributed by atoms with Gasteiger partial charge in [-0.1, -0.05) is 152 Å². The normalized spacial score (nSPS) is 11.7. The second-order valence-electron chi connectivity index (χ2n) is 17.0. The third-order valence-corrected chi connectivity index (χ3v) is 13.4. The van der Waals surface area contributed by atoms with Gasteiger partial charge in [-0.2, -0.15) is 4.90 Å². The molecule has 15 rings (SSSR count). The number of hydrogen-bond acceptors (Lipinski definition) is 8. The van der Waals surface area contributed by atoms with E-state index in [-0.39, 0.29) is 0 Å². The summed E-state index contributed by atoms with van der Waals surface area (Å²) in [5.74, 6) is 2.30. The van der Waals surface area contributed by atoms with Gasteiger partial charge in [0.25, 0.3) is 0 Å². The molecule has 11 heteroatoms. The Balaban J connectivity index is 0.000000141. The zero-order chi connectivity index (χ0) is 46.2. The van der Waals surface area contributed by atoms with Crippen molar-refractivity contribution < 1.29 is 21.0 Å². The quantitative estimate of drug-likeness (QED) is 0.0899. The molecule has 0 unspecified atom stereocenters. The summed E-state index contributed by atoms with van der Waals surface area (Å²) in [6.07, 6.45) is 0. The van der Waals surface area contributed by atoms with Crippen molar-refractivity contribution in [3.05, 3.63) is 188 Å². The monoisotopic (exact) mass is 939 g/mol. The molecule has 9 nitrogen and oxygen atoms in total. The zero-order valence-corrected chi connectivity index (χ0v) is 38.5. The molecule has 8 bridgehead atoms. The van der Waals surface area contributed by atoms with Crippen LogP contribution in [0, 0.1) is 0 Å². The molecule has 13 aromatic rings. The Bertz CT molecular complexity index is 4150. The van der Waals surface area contributed by atoms with Crippen LogP contribution in [0.3, 0.4) is 0 Å². The van der Waals surface area contributed by atoms with E-state index in [1.165, 1.54) is 48.5 Å². The average Bonchev–Trinajstić information content (AvgIpc) is 4.14. The summed E-state index contributed by atoms with van der Waals surface area (Å²) in [6.45, 7) is 0. The topological polar surface area (TPSA) is 124 Å². The van der Waals surface area contributed by atoms with Gasteiger partial charge < -0.3 is 32.6 Å². The average molecular weight is 940 g/mol. The van der Waals surface area contributed by atoms with Gasteiger partial charge in [-0.05, 0) is 101 Å². The molecule has 0 spiro atoms. The number of benzene rings is 10. The van der Waals surface area contributed by atoms with Crippen LogP contribution in [0.25, 0.3) is 144 Å². The first-order chi connectivity index (χ1) is 34.1. The van der Waals surface area contributed by atoms with Crippen molar-refractivity contribution in [1.82, 2.24) is 39.9 Å². The van der Waals surface area contributed by atoms with Crippen LogP contribution in [-0.4, -0.2) is 34.9 Å². The molecule has 2 aliphatic rings. The van der Waals surface area contributed by atoms with Crippen LogP contribution in [0.1, 0.15) is 0 Å². The first kappa shape index (κ1) is 40.7. The summed E-state index contributed by atoms with van der Waals surface area (Å²) in [7, 11) is 0. The largest absolute Gasteiger partial charge is 0.779 e. The fourth-order valence-electron chi connectivity index (χ4n) is 9.77. The smallest absolute Gasteiger partial charge is 0.163 e. The Hall–Kier alpha value is -8.54. The molecule has 0 saturated carbocycles. The summed E-state index contributed by atoms with van der Waals surface area (Å²) in [6, 6.07) is 65.0. The van der Waals surface area contributed by atoms with Crippen molar-refractivity contribution in [2.24, 2.45) is 0 Å². The number of fused-ring (bicyclic) bond motifs is 26. The number of nitrogens with one attached hydrogen (secondary N) is 1. The van der Waals surface area contributed by atoms with Crippen LogP contribution >= 0.6 is 0 Å². The van der Waals surface area contributed by atoms with Crippen molar-refractivity contribution in [3.8, 4) is 45.6 Å². The fraction of sp³-hybridized carbons (Fsp3) is 0. The Kier molecular flexibility index (Phi) is 9.65. The second kappa shape index (κ2) is 16.4. The van der Waals surface area contributed by atoms with E-state index < -0.39 is 0 Å². The minimum atomic E-state index is 0.560. The molecule has 2 aliphatic heterocycles. The number of H-pyrrole nitrogens is 1. The minimum Gasteiger partial charge on any atom is -0.779 e. The Labute approximate surface area is 407 Å². The summed E-state index contributed by atoms with van der Waals surface area (Å²) < 4.78 is 8.19. The first-order valence-corrected chi connectivity index (χ1v) is 23.3. The van der Waals surface area contributed by atoms with E-state index in [1.807, 2.05) is 109 Å².